The van der Waals surface area contributed by atoms with Crippen molar-refractivity contribution in [3.8, 4) is 5.75 Å². The minimum absolute atomic E-state index is 0.172. The van der Waals surface area contributed by atoms with Crippen molar-refractivity contribution in [2.45, 2.75) is 12.8 Å². The van der Waals surface area contributed by atoms with Gasteiger partial charge in [-0.05, 0) is 30.5 Å². The quantitative estimate of drug-likeness (QED) is 0.599. The van der Waals surface area contributed by atoms with E-state index < -0.39 is 7.82 Å². The van der Waals surface area contributed by atoms with Crippen molar-refractivity contribution in [1.82, 2.24) is 0 Å². The van der Waals surface area contributed by atoms with Gasteiger partial charge in [0.2, 0.25) is 0 Å². The zero-order valence-electron chi connectivity index (χ0n) is 8.17. The van der Waals surface area contributed by atoms with Crippen molar-refractivity contribution in [1.29, 1.82) is 0 Å². The Bertz CT molecular complexity index is 366. The van der Waals surface area contributed by atoms with Crippen LogP contribution in [0, 0.1) is 0 Å². The molecule has 5 heteroatoms. The Morgan fingerprint density at radius 1 is 1.33 bits per heavy atom. The van der Waals surface area contributed by atoms with Gasteiger partial charge in [0.05, 0.1) is 0 Å². The van der Waals surface area contributed by atoms with E-state index in [-0.39, 0.29) is 5.75 Å². The maximum absolute atomic E-state index is 10.5. The SMILES string of the molecule is C=CCCc1ccc(OP(=O)(O)O)cc1. The molecule has 0 radical (unpaired) electrons. The molecule has 0 spiro atoms. The van der Waals surface area contributed by atoms with Crippen LogP contribution in [-0.2, 0) is 11.0 Å². The standard InChI is InChI=1S/C10H13O4P/c1-2-3-4-9-5-7-10(8-6-9)14-15(11,12)13/h2,5-8H,1,3-4H2,(H2,11,12,13). The molecule has 0 saturated carbocycles. The fourth-order valence-corrected chi connectivity index (χ4v) is 1.52. The van der Waals surface area contributed by atoms with Crippen molar-refractivity contribution < 1.29 is 18.9 Å². The third-order valence-electron chi connectivity index (χ3n) is 1.78. The zero-order valence-corrected chi connectivity index (χ0v) is 9.06. The molecule has 15 heavy (non-hydrogen) atoms. The summed E-state index contributed by atoms with van der Waals surface area (Å²) in [5.41, 5.74) is 1.08. The highest BCUT2D eigenvalue weighted by Gasteiger charge is 2.15. The lowest BCUT2D eigenvalue weighted by Crippen LogP contribution is -1.90. The van der Waals surface area contributed by atoms with Gasteiger partial charge in [-0.1, -0.05) is 18.2 Å². The molecule has 0 fully saturated rings. The number of phosphoric acid groups is 1. The molecule has 1 aromatic rings. The summed E-state index contributed by atoms with van der Waals surface area (Å²) in [4.78, 5) is 17.1. The van der Waals surface area contributed by atoms with E-state index in [1.54, 1.807) is 12.1 Å². The fourth-order valence-electron chi connectivity index (χ4n) is 1.12. The van der Waals surface area contributed by atoms with Crippen molar-refractivity contribution in [3.63, 3.8) is 0 Å². The highest BCUT2D eigenvalue weighted by molar-refractivity contribution is 7.46. The molecule has 1 rings (SSSR count). The third kappa shape index (κ3) is 4.79. The van der Waals surface area contributed by atoms with Crippen LogP contribution in [0.1, 0.15) is 12.0 Å². The van der Waals surface area contributed by atoms with E-state index in [0.29, 0.717) is 0 Å². The van der Waals surface area contributed by atoms with E-state index >= 15 is 0 Å². The first-order valence-electron chi connectivity index (χ1n) is 4.46. The van der Waals surface area contributed by atoms with Crippen LogP contribution in [0.3, 0.4) is 0 Å². The van der Waals surface area contributed by atoms with E-state index in [1.165, 1.54) is 12.1 Å². The van der Waals surface area contributed by atoms with Gasteiger partial charge < -0.3 is 4.52 Å². The largest absolute Gasteiger partial charge is 0.524 e. The lowest BCUT2D eigenvalue weighted by molar-refractivity contribution is 0.283. The molecule has 0 bridgehead atoms. The van der Waals surface area contributed by atoms with Crippen molar-refractivity contribution in [2.75, 3.05) is 0 Å². The van der Waals surface area contributed by atoms with Crippen LogP contribution in [0.2, 0.25) is 0 Å². The second kappa shape index (κ2) is 5.12. The fraction of sp³-hybridized carbons (Fsp3) is 0.200. The number of phosphoric ester groups is 1. The summed E-state index contributed by atoms with van der Waals surface area (Å²) in [6, 6.07) is 6.62. The Hall–Kier alpha value is -1.09. The van der Waals surface area contributed by atoms with Crippen LogP contribution < -0.4 is 4.52 Å². The molecule has 0 unspecified atom stereocenters. The highest BCUT2D eigenvalue weighted by Crippen LogP contribution is 2.37. The molecule has 0 saturated heterocycles. The van der Waals surface area contributed by atoms with Crippen LogP contribution in [0.25, 0.3) is 0 Å². The number of rotatable bonds is 5. The van der Waals surface area contributed by atoms with E-state index in [9.17, 15) is 4.57 Å². The Morgan fingerprint density at radius 3 is 2.40 bits per heavy atom. The topological polar surface area (TPSA) is 66.8 Å². The number of benzene rings is 1. The Balaban J connectivity index is 2.64. The smallest absolute Gasteiger partial charge is 0.404 e. The van der Waals surface area contributed by atoms with Gasteiger partial charge in [0.25, 0.3) is 0 Å². The molecule has 2 N–H and O–H groups in total. The first-order chi connectivity index (χ1) is 7.01. The lowest BCUT2D eigenvalue weighted by Gasteiger charge is -2.06. The summed E-state index contributed by atoms with van der Waals surface area (Å²) in [5, 5.41) is 0. The summed E-state index contributed by atoms with van der Waals surface area (Å²) in [5.74, 6) is 0.172. The molecule has 0 aromatic heterocycles. The number of hydrogen-bond acceptors (Lipinski definition) is 2. The van der Waals surface area contributed by atoms with Crippen LogP contribution in [0.5, 0.6) is 5.75 Å². The number of allylic oxidation sites excluding steroid dienone is 1. The molecule has 82 valence electrons. The summed E-state index contributed by atoms with van der Waals surface area (Å²) < 4.78 is 14.9. The maximum Gasteiger partial charge on any atom is 0.524 e. The van der Waals surface area contributed by atoms with E-state index in [2.05, 4.69) is 11.1 Å². The van der Waals surface area contributed by atoms with E-state index in [0.717, 1.165) is 18.4 Å². The minimum Gasteiger partial charge on any atom is -0.404 e. The monoisotopic (exact) mass is 228 g/mol. The molecular weight excluding hydrogens is 215 g/mol. The first kappa shape index (κ1) is 12.0. The normalized spacial score (nSPS) is 11.1. The first-order valence-corrected chi connectivity index (χ1v) is 5.99. The highest BCUT2D eigenvalue weighted by atomic mass is 31.2. The van der Waals surface area contributed by atoms with Crippen molar-refractivity contribution in [3.05, 3.63) is 42.5 Å². The van der Waals surface area contributed by atoms with Crippen LogP contribution in [0.4, 0.5) is 0 Å². The lowest BCUT2D eigenvalue weighted by atomic mass is 10.1. The minimum atomic E-state index is -4.44. The number of hydrogen-bond donors (Lipinski definition) is 2. The van der Waals surface area contributed by atoms with Crippen LogP contribution >= 0.6 is 7.82 Å². The van der Waals surface area contributed by atoms with Gasteiger partial charge in [-0.3, -0.25) is 9.79 Å². The van der Waals surface area contributed by atoms with Gasteiger partial charge in [0.1, 0.15) is 5.75 Å². The van der Waals surface area contributed by atoms with E-state index in [1.807, 2.05) is 6.08 Å². The Kier molecular flexibility index (Phi) is 4.09. The summed E-state index contributed by atoms with van der Waals surface area (Å²) >= 11 is 0. The molecule has 0 amide bonds. The summed E-state index contributed by atoms with van der Waals surface area (Å²) in [7, 11) is -4.44. The van der Waals surface area contributed by atoms with Gasteiger partial charge in [-0.15, -0.1) is 6.58 Å². The zero-order chi connectivity index (χ0) is 11.3. The Labute approximate surface area is 88.5 Å². The van der Waals surface area contributed by atoms with E-state index in [4.69, 9.17) is 9.79 Å². The molecule has 0 aliphatic rings. The summed E-state index contributed by atoms with van der Waals surface area (Å²) in [6.07, 6.45) is 3.55. The molecule has 0 aliphatic heterocycles. The van der Waals surface area contributed by atoms with Crippen molar-refractivity contribution in [2.24, 2.45) is 0 Å². The predicted molar refractivity (Wildman–Crippen MR) is 57.6 cm³/mol. The Morgan fingerprint density at radius 2 is 1.93 bits per heavy atom. The maximum atomic E-state index is 10.5. The van der Waals surface area contributed by atoms with Gasteiger partial charge in [0, 0.05) is 0 Å². The molecular formula is C10H13O4P. The van der Waals surface area contributed by atoms with Gasteiger partial charge >= 0.3 is 7.82 Å². The average Bonchev–Trinajstić information content (AvgIpc) is 2.14. The van der Waals surface area contributed by atoms with Crippen LogP contribution in [-0.4, -0.2) is 9.79 Å². The van der Waals surface area contributed by atoms with Crippen LogP contribution in [0.15, 0.2) is 36.9 Å². The molecule has 0 heterocycles. The van der Waals surface area contributed by atoms with Gasteiger partial charge in [0.15, 0.2) is 0 Å². The number of aryl methyl sites for hydroxylation is 1. The summed E-state index contributed by atoms with van der Waals surface area (Å²) in [6.45, 7) is 3.61. The average molecular weight is 228 g/mol. The van der Waals surface area contributed by atoms with Gasteiger partial charge in [-0.2, -0.15) is 0 Å². The van der Waals surface area contributed by atoms with Crippen molar-refractivity contribution >= 4 is 7.82 Å². The third-order valence-corrected chi connectivity index (χ3v) is 2.23. The molecule has 0 atom stereocenters. The second-order valence-electron chi connectivity index (χ2n) is 3.05. The molecule has 4 nitrogen and oxygen atoms in total. The molecule has 0 aliphatic carbocycles. The molecule has 1 aromatic carbocycles. The van der Waals surface area contributed by atoms with Gasteiger partial charge in [-0.25, -0.2) is 4.57 Å². The second-order valence-corrected chi connectivity index (χ2v) is 4.22. The predicted octanol–water partition coefficient (Wildman–Crippen LogP) is 2.28.